The van der Waals surface area contributed by atoms with E-state index in [1.165, 1.54) is 11.4 Å². The molecule has 29 heavy (non-hydrogen) atoms. The predicted octanol–water partition coefficient (Wildman–Crippen LogP) is 1.36. The summed E-state index contributed by atoms with van der Waals surface area (Å²) < 4.78 is 36.3. The highest BCUT2D eigenvalue weighted by molar-refractivity contribution is 8.01. The van der Waals surface area contributed by atoms with Crippen molar-refractivity contribution < 1.29 is 27.5 Å². The van der Waals surface area contributed by atoms with Crippen LogP contribution >= 0.6 is 23.1 Å². The largest absolute Gasteiger partial charge is 0.478 e. The van der Waals surface area contributed by atoms with Crippen LogP contribution in [0.4, 0.5) is 10.8 Å². The number of hydrogen-bond acceptors (Lipinski definition) is 10. The Balaban J connectivity index is 1.69. The number of rotatable bonds is 6. The van der Waals surface area contributed by atoms with Crippen molar-refractivity contribution in [2.45, 2.75) is 16.9 Å². The summed E-state index contributed by atoms with van der Waals surface area (Å²) in [5, 5.41) is 10.7. The molecule has 156 valence electrons. The van der Waals surface area contributed by atoms with Crippen molar-refractivity contribution in [3.05, 3.63) is 24.3 Å². The average Bonchev–Trinajstić information content (AvgIpc) is 3.01. The number of carbonyl (C=O) groups is 2. The van der Waals surface area contributed by atoms with E-state index < -0.39 is 28.0 Å². The maximum Gasteiger partial charge on any atom is 0.316 e. The number of para-hydroxylation sites is 2. The van der Waals surface area contributed by atoms with Crippen LogP contribution < -0.4 is 14.4 Å². The van der Waals surface area contributed by atoms with Gasteiger partial charge in [0.1, 0.15) is 5.75 Å². The summed E-state index contributed by atoms with van der Waals surface area (Å²) >= 11 is 2.26. The molecule has 0 bridgehead atoms. The number of nitrogens with one attached hydrogen (secondary N) is 1. The van der Waals surface area contributed by atoms with Gasteiger partial charge in [-0.15, -0.1) is 10.2 Å². The van der Waals surface area contributed by atoms with Crippen LogP contribution in [0.5, 0.6) is 5.75 Å². The first-order valence-corrected chi connectivity index (χ1v) is 12.0. The Morgan fingerprint density at radius 1 is 1.38 bits per heavy atom. The molecular formula is C16H18N4O6S3. The lowest BCUT2D eigenvalue weighted by Crippen LogP contribution is -2.35. The van der Waals surface area contributed by atoms with E-state index in [0.29, 0.717) is 15.8 Å². The maximum atomic E-state index is 12.7. The third-order valence-electron chi connectivity index (χ3n) is 3.87. The minimum absolute atomic E-state index is 0.0862. The van der Waals surface area contributed by atoms with E-state index in [-0.39, 0.29) is 23.8 Å². The molecule has 3 rings (SSSR count). The summed E-state index contributed by atoms with van der Waals surface area (Å²) in [7, 11) is -2.23. The van der Waals surface area contributed by atoms with Crippen LogP contribution in [0.3, 0.4) is 0 Å². The van der Waals surface area contributed by atoms with Crippen molar-refractivity contribution in [3.63, 3.8) is 0 Å². The number of nitrogens with zero attached hydrogens (tertiary/aromatic N) is 3. The summed E-state index contributed by atoms with van der Waals surface area (Å²) in [4.78, 5) is 23.8. The first kappa shape index (κ1) is 21.3. The second kappa shape index (κ2) is 8.97. The number of methoxy groups -OCH3 is 1. The van der Waals surface area contributed by atoms with E-state index in [0.717, 1.165) is 29.4 Å². The highest BCUT2D eigenvalue weighted by Gasteiger charge is 2.31. The van der Waals surface area contributed by atoms with E-state index in [2.05, 4.69) is 20.3 Å². The molecule has 0 aliphatic carbocycles. The third-order valence-corrected chi connectivity index (χ3v) is 6.99. The van der Waals surface area contributed by atoms with Crippen LogP contribution in [0.15, 0.2) is 28.6 Å². The number of benzene rings is 1. The quantitative estimate of drug-likeness (QED) is 0.388. The van der Waals surface area contributed by atoms with Crippen molar-refractivity contribution >= 4 is 55.8 Å². The molecule has 2 heterocycles. The van der Waals surface area contributed by atoms with Gasteiger partial charge in [0.2, 0.25) is 15.2 Å². The number of aromatic nitrogens is 2. The van der Waals surface area contributed by atoms with E-state index >= 15 is 0 Å². The van der Waals surface area contributed by atoms with Crippen LogP contribution in [0.1, 0.15) is 6.42 Å². The Kier molecular flexibility index (Phi) is 6.59. The number of hydrogen-bond donors (Lipinski definition) is 1. The number of sulfonamides is 1. The Morgan fingerprint density at radius 3 is 2.86 bits per heavy atom. The Morgan fingerprint density at radius 2 is 2.14 bits per heavy atom. The fourth-order valence-corrected chi connectivity index (χ4v) is 5.08. The van der Waals surface area contributed by atoms with Gasteiger partial charge >= 0.3 is 5.97 Å². The van der Waals surface area contributed by atoms with Crippen LogP contribution in [-0.4, -0.2) is 62.3 Å². The number of esters is 1. The molecule has 0 unspecified atom stereocenters. The standard InChI is InChI=1S/C16H18N4O6S3/c1-25-13(21)9-27-16-19-18-15(28-16)17-14(22)12-7-8-20(29(2,23)24)10-5-3-4-6-11(10)26-12/h3-6,12H,7-9H2,1-2H3,(H,17,18,22)/t12-/m0/s1. The SMILES string of the molecule is COC(=O)CSc1nnc(NC(=O)[C@@H]2CCN(S(C)(=O)=O)c3ccccc3O2)s1. The van der Waals surface area contributed by atoms with Gasteiger partial charge in [0.15, 0.2) is 10.4 Å². The van der Waals surface area contributed by atoms with Gasteiger partial charge < -0.3 is 9.47 Å². The fraction of sp³-hybridized carbons (Fsp3) is 0.375. The number of amides is 1. The monoisotopic (exact) mass is 458 g/mol. The molecule has 1 aromatic heterocycles. The van der Waals surface area contributed by atoms with Gasteiger partial charge in [0, 0.05) is 13.0 Å². The number of anilines is 2. The zero-order valence-corrected chi connectivity index (χ0v) is 18.0. The van der Waals surface area contributed by atoms with Gasteiger partial charge in [-0.2, -0.15) is 0 Å². The molecule has 2 aromatic rings. The van der Waals surface area contributed by atoms with Crippen LogP contribution in [0, 0.1) is 0 Å². The second-order valence-electron chi connectivity index (χ2n) is 5.93. The molecule has 0 saturated carbocycles. The van der Waals surface area contributed by atoms with Crippen molar-refractivity contribution in [2.24, 2.45) is 0 Å². The topological polar surface area (TPSA) is 128 Å². The highest BCUT2D eigenvalue weighted by atomic mass is 32.2. The van der Waals surface area contributed by atoms with Crippen molar-refractivity contribution in [1.29, 1.82) is 0 Å². The molecule has 0 fully saturated rings. The molecule has 13 heteroatoms. The minimum Gasteiger partial charge on any atom is -0.478 e. The molecule has 10 nitrogen and oxygen atoms in total. The molecule has 1 amide bonds. The summed E-state index contributed by atoms with van der Waals surface area (Å²) in [5.74, 6) is -0.460. The smallest absolute Gasteiger partial charge is 0.316 e. The number of thioether (sulfide) groups is 1. The predicted molar refractivity (Wildman–Crippen MR) is 109 cm³/mol. The van der Waals surface area contributed by atoms with Crippen LogP contribution in [0.2, 0.25) is 0 Å². The van der Waals surface area contributed by atoms with Gasteiger partial charge in [-0.05, 0) is 12.1 Å². The third kappa shape index (κ3) is 5.36. The first-order valence-electron chi connectivity index (χ1n) is 8.35. The lowest BCUT2D eigenvalue weighted by atomic mass is 10.2. The maximum absolute atomic E-state index is 12.7. The Bertz CT molecular complexity index is 1010. The lowest BCUT2D eigenvalue weighted by molar-refractivity contribution is -0.137. The van der Waals surface area contributed by atoms with E-state index in [1.54, 1.807) is 24.3 Å². The van der Waals surface area contributed by atoms with E-state index in [4.69, 9.17) is 4.74 Å². The zero-order valence-electron chi connectivity index (χ0n) is 15.5. The molecular weight excluding hydrogens is 440 g/mol. The fourth-order valence-electron chi connectivity index (χ4n) is 2.54. The summed E-state index contributed by atoms with van der Waals surface area (Å²) in [6.45, 7) is 0.101. The molecule has 1 N–H and O–H groups in total. The first-order chi connectivity index (χ1) is 13.8. The molecule has 0 spiro atoms. The Hall–Kier alpha value is -2.38. The molecule has 0 radical (unpaired) electrons. The zero-order chi connectivity index (χ0) is 21.0. The van der Waals surface area contributed by atoms with Gasteiger partial charge in [-0.1, -0.05) is 35.2 Å². The number of fused-ring (bicyclic) bond motifs is 1. The molecule has 1 aliphatic heterocycles. The van der Waals surface area contributed by atoms with Gasteiger partial charge in [-0.25, -0.2) is 8.42 Å². The summed E-state index contributed by atoms with van der Waals surface area (Å²) in [6, 6.07) is 6.66. The minimum atomic E-state index is -3.52. The average molecular weight is 459 g/mol. The van der Waals surface area contributed by atoms with Crippen molar-refractivity contribution in [1.82, 2.24) is 10.2 Å². The molecule has 0 saturated heterocycles. The van der Waals surface area contributed by atoms with Crippen molar-refractivity contribution in [3.8, 4) is 5.75 Å². The molecule has 1 aliphatic rings. The number of ether oxygens (including phenoxy) is 2. The molecule has 1 atom stereocenters. The lowest BCUT2D eigenvalue weighted by Gasteiger charge is -2.20. The normalized spacial score (nSPS) is 16.3. The van der Waals surface area contributed by atoms with Crippen molar-refractivity contribution in [2.75, 3.05) is 35.3 Å². The van der Waals surface area contributed by atoms with Crippen LogP contribution in [-0.2, 0) is 24.3 Å². The second-order valence-corrected chi connectivity index (χ2v) is 10.0. The Labute approximate surface area is 175 Å². The van der Waals surface area contributed by atoms with Crippen LogP contribution in [0.25, 0.3) is 0 Å². The van der Waals surface area contributed by atoms with Gasteiger partial charge in [0.05, 0.1) is 24.8 Å². The van der Waals surface area contributed by atoms with E-state index in [1.807, 2.05) is 0 Å². The summed E-state index contributed by atoms with van der Waals surface area (Å²) in [5.41, 5.74) is 0.391. The summed E-state index contributed by atoms with van der Waals surface area (Å²) in [6.07, 6.45) is 0.368. The highest BCUT2D eigenvalue weighted by Crippen LogP contribution is 2.34. The van der Waals surface area contributed by atoms with Gasteiger partial charge in [0.25, 0.3) is 5.91 Å². The molecule has 1 aromatic carbocycles. The number of carbonyl (C=O) groups excluding carboxylic acids is 2. The van der Waals surface area contributed by atoms with Gasteiger partial charge in [-0.3, -0.25) is 19.2 Å². The van der Waals surface area contributed by atoms with E-state index in [9.17, 15) is 18.0 Å².